The smallest absolute Gasteiger partial charge is 0.243 e. The Balaban J connectivity index is 2.54. The SMILES string of the molecule is CCCC1NC(C)(CC)C(=O)N1CCCCC(C)C. The molecule has 1 rings (SSSR count). The molecular weight excluding hydrogens is 236 g/mol. The molecule has 0 radical (unpaired) electrons. The van der Waals surface area contributed by atoms with Crippen molar-refractivity contribution in [3.8, 4) is 0 Å². The number of amides is 1. The zero-order valence-corrected chi connectivity index (χ0v) is 13.5. The van der Waals surface area contributed by atoms with Gasteiger partial charge in [0.15, 0.2) is 0 Å². The van der Waals surface area contributed by atoms with Gasteiger partial charge in [0.05, 0.1) is 11.7 Å². The van der Waals surface area contributed by atoms with Crippen molar-refractivity contribution in [2.75, 3.05) is 6.54 Å². The number of rotatable bonds is 8. The van der Waals surface area contributed by atoms with Crippen molar-refractivity contribution in [3.63, 3.8) is 0 Å². The summed E-state index contributed by atoms with van der Waals surface area (Å²) in [7, 11) is 0. The van der Waals surface area contributed by atoms with Crippen LogP contribution in [0.4, 0.5) is 0 Å². The van der Waals surface area contributed by atoms with Crippen molar-refractivity contribution in [1.82, 2.24) is 10.2 Å². The van der Waals surface area contributed by atoms with E-state index in [-0.39, 0.29) is 11.7 Å². The van der Waals surface area contributed by atoms with Crippen LogP contribution in [-0.4, -0.2) is 29.1 Å². The van der Waals surface area contributed by atoms with E-state index in [9.17, 15) is 4.79 Å². The van der Waals surface area contributed by atoms with Gasteiger partial charge in [-0.15, -0.1) is 0 Å². The number of hydrogen-bond donors (Lipinski definition) is 1. The minimum Gasteiger partial charge on any atom is -0.326 e. The molecule has 1 amide bonds. The first-order valence-electron chi connectivity index (χ1n) is 8.03. The Morgan fingerprint density at radius 3 is 2.53 bits per heavy atom. The van der Waals surface area contributed by atoms with E-state index in [4.69, 9.17) is 0 Å². The van der Waals surface area contributed by atoms with E-state index in [1.807, 2.05) is 6.92 Å². The second-order valence-corrected chi connectivity index (χ2v) is 6.52. The van der Waals surface area contributed by atoms with Gasteiger partial charge in [0.2, 0.25) is 5.91 Å². The first kappa shape index (κ1) is 16.5. The largest absolute Gasteiger partial charge is 0.326 e. The summed E-state index contributed by atoms with van der Waals surface area (Å²) in [6, 6.07) is 0. The minimum absolute atomic E-state index is 0.251. The lowest BCUT2D eigenvalue weighted by atomic mass is 9.99. The topological polar surface area (TPSA) is 32.3 Å². The van der Waals surface area contributed by atoms with Crippen LogP contribution in [0.5, 0.6) is 0 Å². The average molecular weight is 268 g/mol. The maximum absolute atomic E-state index is 12.5. The molecule has 19 heavy (non-hydrogen) atoms. The summed E-state index contributed by atoms with van der Waals surface area (Å²) >= 11 is 0. The number of nitrogens with one attached hydrogen (secondary N) is 1. The highest BCUT2D eigenvalue weighted by atomic mass is 16.2. The summed E-state index contributed by atoms with van der Waals surface area (Å²) in [5.41, 5.74) is -0.335. The maximum Gasteiger partial charge on any atom is 0.243 e. The second-order valence-electron chi connectivity index (χ2n) is 6.52. The molecule has 0 spiro atoms. The third kappa shape index (κ3) is 4.20. The van der Waals surface area contributed by atoms with Gasteiger partial charge in [0.25, 0.3) is 0 Å². The number of nitrogens with zero attached hydrogens (tertiary/aromatic N) is 1. The van der Waals surface area contributed by atoms with E-state index >= 15 is 0 Å². The number of unbranched alkanes of at least 4 members (excludes halogenated alkanes) is 1. The van der Waals surface area contributed by atoms with Gasteiger partial charge in [-0.3, -0.25) is 10.1 Å². The van der Waals surface area contributed by atoms with Crippen molar-refractivity contribution in [1.29, 1.82) is 0 Å². The van der Waals surface area contributed by atoms with E-state index in [0.29, 0.717) is 5.91 Å². The highest BCUT2D eigenvalue weighted by molar-refractivity contribution is 5.88. The Hall–Kier alpha value is -0.570. The van der Waals surface area contributed by atoms with E-state index < -0.39 is 0 Å². The molecule has 0 aliphatic carbocycles. The van der Waals surface area contributed by atoms with Crippen molar-refractivity contribution in [2.24, 2.45) is 5.92 Å². The highest BCUT2D eigenvalue weighted by Gasteiger charge is 2.45. The Labute approximate surface area is 119 Å². The van der Waals surface area contributed by atoms with Gasteiger partial charge in [-0.05, 0) is 32.1 Å². The van der Waals surface area contributed by atoms with Crippen LogP contribution in [-0.2, 0) is 4.79 Å². The Bertz CT molecular complexity index is 290. The molecule has 1 fully saturated rings. The molecule has 1 N–H and O–H groups in total. The second kappa shape index (κ2) is 7.28. The molecule has 1 saturated heterocycles. The summed E-state index contributed by atoms with van der Waals surface area (Å²) in [4.78, 5) is 14.6. The molecule has 1 heterocycles. The first-order chi connectivity index (χ1) is 8.94. The molecule has 2 unspecified atom stereocenters. The summed E-state index contributed by atoms with van der Waals surface area (Å²) in [6.45, 7) is 11.8. The molecule has 0 bridgehead atoms. The van der Waals surface area contributed by atoms with Gasteiger partial charge in [-0.2, -0.15) is 0 Å². The van der Waals surface area contributed by atoms with Crippen LogP contribution in [0.1, 0.15) is 73.1 Å². The fourth-order valence-electron chi connectivity index (χ4n) is 2.81. The van der Waals surface area contributed by atoms with Gasteiger partial charge in [0, 0.05) is 6.54 Å². The van der Waals surface area contributed by atoms with Crippen molar-refractivity contribution < 1.29 is 4.79 Å². The zero-order valence-electron chi connectivity index (χ0n) is 13.5. The lowest BCUT2D eigenvalue weighted by Gasteiger charge is -2.24. The Morgan fingerprint density at radius 1 is 1.32 bits per heavy atom. The summed E-state index contributed by atoms with van der Waals surface area (Å²) in [5, 5.41) is 3.54. The Morgan fingerprint density at radius 2 is 2.00 bits per heavy atom. The van der Waals surface area contributed by atoms with Gasteiger partial charge >= 0.3 is 0 Å². The van der Waals surface area contributed by atoms with E-state index in [1.165, 1.54) is 12.8 Å². The minimum atomic E-state index is -0.335. The van der Waals surface area contributed by atoms with Crippen molar-refractivity contribution >= 4 is 5.91 Å². The lowest BCUT2D eigenvalue weighted by Crippen LogP contribution is -2.43. The lowest BCUT2D eigenvalue weighted by molar-refractivity contribution is -0.133. The van der Waals surface area contributed by atoms with Crippen LogP contribution in [0.3, 0.4) is 0 Å². The van der Waals surface area contributed by atoms with Crippen LogP contribution in [0, 0.1) is 5.92 Å². The number of carbonyl (C=O) groups excluding carboxylic acids is 1. The van der Waals surface area contributed by atoms with Crippen molar-refractivity contribution in [3.05, 3.63) is 0 Å². The van der Waals surface area contributed by atoms with E-state index in [0.717, 1.165) is 38.1 Å². The normalized spacial score (nSPS) is 27.6. The fraction of sp³-hybridized carbons (Fsp3) is 0.938. The van der Waals surface area contributed by atoms with Gasteiger partial charge in [0.1, 0.15) is 0 Å². The standard InChI is InChI=1S/C16H32N2O/c1-6-10-14-17-16(5,7-2)15(19)18(14)12-9-8-11-13(3)4/h13-14,17H,6-12H2,1-5H3. The maximum atomic E-state index is 12.5. The molecule has 2 atom stereocenters. The molecule has 0 aromatic heterocycles. The molecule has 3 nitrogen and oxygen atoms in total. The summed E-state index contributed by atoms with van der Waals surface area (Å²) in [6.07, 6.45) is 6.92. The monoisotopic (exact) mass is 268 g/mol. The van der Waals surface area contributed by atoms with Crippen molar-refractivity contribution in [2.45, 2.75) is 84.8 Å². The third-order valence-electron chi connectivity index (χ3n) is 4.29. The van der Waals surface area contributed by atoms with Gasteiger partial charge < -0.3 is 4.90 Å². The van der Waals surface area contributed by atoms with Crippen LogP contribution in [0.2, 0.25) is 0 Å². The molecule has 0 aromatic carbocycles. The predicted octanol–water partition coefficient (Wildman–Crippen LogP) is 3.54. The van der Waals surface area contributed by atoms with Crippen LogP contribution < -0.4 is 5.32 Å². The summed E-state index contributed by atoms with van der Waals surface area (Å²) in [5.74, 6) is 1.07. The van der Waals surface area contributed by atoms with Crippen LogP contribution in [0.15, 0.2) is 0 Å². The molecule has 0 aromatic rings. The number of carbonyl (C=O) groups is 1. The molecule has 1 aliphatic heterocycles. The predicted molar refractivity (Wildman–Crippen MR) is 80.9 cm³/mol. The molecule has 0 saturated carbocycles. The third-order valence-corrected chi connectivity index (χ3v) is 4.29. The molecule has 112 valence electrons. The van der Waals surface area contributed by atoms with E-state index in [2.05, 4.69) is 37.9 Å². The zero-order chi connectivity index (χ0) is 14.5. The number of hydrogen-bond acceptors (Lipinski definition) is 2. The fourth-order valence-corrected chi connectivity index (χ4v) is 2.81. The van der Waals surface area contributed by atoms with Crippen LogP contribution in [0.25, 0.3) is 0 Å². The summed E-state index contributed by atoms with van der Waals surface area (Å²) < 4.78 is 0. The van der Waals surface area contributed by atoms with Crippen LogP contribution >= 0.6 is 0 Å². The quantitative estimate of drug-likeness (QED) is 0.683. The van der Waals surface area contributed by atoms with Gasteiger partial charge in [-0.1, -0.05) is 47.0 Å². The molecule has 1 aliphatic rings. The average Bonchev–Trinajstić information content (AvgIpc) is 2.59. The molecular formula is C16H32N2O. The molecule has 3 heteroatoms. The van der Waals surface area contributed by atoms with E-state index in [1.54, 1.807) is 0 Å². The first-order valence-corrected chi connectivity index (χ1v) is 8.03. The Kier molecular flexibility index (Phi) is 6.31. The van der Waals surface area contributed by atoms with Gasteiger partial charge in [-0.25, -0.2) is 0 Å². The highest BCUT2D eigenvalue weighted by Crippen LogP contribution is 2.26.